The van der Waals surface area contributed by atoms with E-state index in [-0.39, 0.29) is 0 Å². The smallest absolute Gasteiger partial charge is 0.220 e. The Morgan fingerprint density at radius 2 is 1.47 bits per heavy atom. The number of benzene rings is 4. The minimum Gasteiger partial charge on any atom is -0.460 e. The Balaban J connectivity index is 1.77. The first-order valence-electron chi connectivity index (χ1n) is 10.4. The van der Waals surface area contributed by atoms with Crippen LogP contribution in [0.3, 0.4) is 0 Å². The summed E-state index contributed by atoms with van der Waals surface area (Å²) in [6.07, 6.45) is 1.70. The van der Waals surface area contributed by atoms with Gasteiger partial charge in [-0.2, -0.15) is 0 Å². The van der Waals surface area contributed by atoms with Crippen LogP contribution < -0.4 is 4.74 Å². The molecule has 4 aromatic rings. The van der Waals surface area contributed by atoms with Crippen molar-refractivity contribution in [3.8, 4) is 16.9 Å². The summed E-state index contributed by atoms with van der Waals surface area (Å²) in [6, 6.07) is 28.0. The quantitative estimate of drug-likeness (QED) is 0.376. The molecule has 0 saturated heterocycles. The maximum atomic E-state index is 6.42. The van der Waals surface area contributed by atoms with Crippen molar-refractivity contribution >= 4 is 16.3 Å². The van der Waals surface area contributed by atoms with Crippen LogP contribution in [0.4, 0.5) is 0 Å². The van der Waals surface area contributed by atoms with E-state index in [0.717, 1.165) is 11.1 Å². The van der Waals surface area contributed by atoms with E-state index in [0.29, 0.717) is 5.92 Å². The largest absolute Gasteiger partial charge is 0.460 e. The lowest BCUT2D eigenvalue weighted by molar-refractivity contribution is -0.0165. The van der Waals surface area contributed by atoms with E-state index in [9.17, 15) is 0 Å². The van der Waals surface area contributed by atoms with Crippen LogP contribution in [-0.4, -0.2) is 13.4 Å². The van der Waals surface area contributed by atoms with E-state index in [1.54, 1.807) is 7.11 Å². The highest BCUT2D eigenvalue weighted by Crippen LogP contribution is 2.56. The minimum absolute atomic E-state index is 0.296. The molecule has 6 rings (SSSR count). The molecule has 0 radical (unpaired) electrons. The molecule has 2 aliphatic rings. The van der Waals surface area contributed by atoms with Crippen LogP contribution in [0.1, 0.15) is 35.1 Å². The summed E-state index contributed by atoms with van der Waals surface area (Å²) >= 11 is 0. The standard InChI is InChI=1S/C28H22O2/c1-17-19-12-6-7-13-20(19)26-21-14-8-9-15-22(21)28-27(25(17)26)23(16-24(29-2)30-28)18-10-4-3-5-11-18/h3-17,24H,1-2H3. The lowest BCUT2D eigenvalue weighted by atomic mass is 9.83. The second-order valence-electron chi connectivity index (χ2n) is 8.02. The Morgan fingerprint density at radius 1 is 0.767 bits per heavy atom. The second kappa shape index (κ2) is 6.58. The third-order valence-electron chi connectivity index (χ3n) is 6.46. The summed E-state index contributed by atoms with van der Waals surface area (Å²) < 4.78 is 12.1. The summed E-state index contributed by atoms with van der Waals surface area (Å²) in [5.41, 5.74) is 8.98. The predicted molar refractivity (Wildman–Crippen MR) is 122 cm³/mol. The van der Waals surface area contributed by atoms with Gasteiger partial charge in [0.1, 0.15) is 5.75 Å². The number of rotatable bonds is 2. The fraction of sp³-hybridized carbons (Fsp3) is 0.143. The Bertz CT molecular complexity index is 1320. The first-order valence-corrected chi connectivity index (χ1v) is 10.4. The van der Waals surface area contributed by atoms with Gasteiger partial charge in [-0.05, 0) is 44.9 Å². The SMILES string of the molecule is COC1C=C(c2ccccc2)c2c3c(c4ccccc4c2O1)-c1ccccc1C3C. The summed E-state index contributed by atoms with van der Waals surface area (Å²) in [7, 11) is 1.70. The zero-order chi connectivity index (χ0) is 20.2. The molecule has 4 aromatic carbocycles. The molecule has 0 N–H and O–H groups in total. The Morgan fingerprint density at radius 3 is 2.27 bits per heavy atom. The molecule has 1 heterocycles. The Labute approximate surface area is 176 Å². The van der Waals surface area contributed by atoms with Crippen molar-refractivity contribution in [3.63, 3.8) is 0 Å². The molecular weight excluding hydrogens is 368 g/mol. The van der Waals surface area contributed by atoms with E-state index in [4.69, 9.17) is 9.47 Å². The van der Waals surface area contributed by atoms with Gasteiger partial charge < -0.3 is 9.47 Å². The zero-order valence-corrected chi connectivity index (χ0v) is 17.1. The summed E-state index contributed by atoms with van der Waals surface area (Å²) in [6.45, 7) is 2.31. The molecule has 0 fully saturated rings. The molecule has 2 atom stereocenters. The fourth-order valence-corrected chi connectivity index (χ4v) is 5.14. The average molecular weight is 390 g/mol. The highest BCUT2D eigenvalue weighted by molar-refractivity contribution is 6.09. The first kappa shape index (κ1) is 17.5. The molecule has 2 heteroatoms. The average Bonchev–Trinajstić information content (AvgIpc) is 3.12. The molecule has 0 amide bonds. The number of ether oxygens (including phenoxy) is 2. The summed E-state index contributed by atoms with van der Waals surface area (Å²) in [4.78, 5) is 0. The van der Waals surface area contributed by atoms with Crippen molar-refractivity contribution in [2.24, 2.45) is 0 Å². The maximum absolute atomic E-state index is 6.42. The number of hydrogen-bond acceptors (Lipinski definition) is 2. The van der Waals surface area contributed by atoms with Crippen LogP contribution in [0, 0.1) is 0 Å². The summed E-state index contributed by atoms with van der Waals surface area (Å²) in [5.74, 6) is 1.22. The van der Waals surface area contributed by atoms with Crippen LogP contribution in [0.25, 0.3) is 27.5 Å². The number of fused-ring (bicyclic) bond motifs is 8. The number of hydrogen-bond donors (Lipinski definition) is 0. The fourth-order valence-electron chi connectivity index (χ4n) is 5.14. The van der Waals surface area contributed by atoms with Gasteiger partial charge in [0.25, 0.3) is 0 Å². The van der Waals surface area contributed by atoms with Gasteiger partial charge in [-0.3, -0.25) is 0 Å². The predicted octanol–water partition coefficient (Wildman–Crippen LogP) is 6.77. The van der Waals surface area contributed by atoms with Gasteiger partial charge in [-0.25, -0.2) is 0 Å². The van der Waals surface area contributed by atoms with Crippen LogP contribution in [-0.2, 0) is 4.74 Å². The molecule has 0 aromatic heterocycles. The molecule has 1 aliphatic carbocycles. The molecule has 0 bridgehead atoms. The second-order valence-corrected chi connectivity index (χ2v) is 8.02. The van der Waals surface area contributed by atoms with E-state index < -0.39 is 6.29 Å². The van der Waals surface area contributed by atoms with Crippen molar-refractivity contribution in [1.82, 2.24) is 0 Å². The third kappa shape index (κ3) is 2.34. The van der Waals surface area contributed by atoms with E-state index in [1.165, 1.54) is 44.3 Å². The maximum Gasteiger partial charge on any atom is 0.220 e. The molecule has 2 unspecified atom stereocenters. The molecule has 2 nitrogen and oxygen atoms in total. The van der Waals surface area contributed by atoms with Crippen molar-refractivity contribution in [2.75, 3.05) is 7.11 Å². The van der Waals surface area contributed by atoms with Crippen LogP contribution >= 0.6 is 0 Å². The highest BCUT2D eigenvalue weighted by Gasteiger charge is 2.36. The number of methoxy groups -OCH3 is 1. The van der Waals surface area contributed by atoms with Gasteiger partial charge in [-0.1, -0.05) is 85.8 Å². The van der Waals surface area contributed by atoms with Crippen molar-refractivity contribution < 1.29 is 9.47 Å². The van der Waals surface area contributed by atoms with Gasteiger partial charge in [-0.15, -0.1) is 0 Å². The van der Waals surface area contributed by atoms with E-state index >= 15 is 0 Å². The summed E-state index contributed by atoms with van der Waals surface area (Å²) in [5, 5.41) is 2.38. The third-order valence-corrected chi connectivity index (χ3v) is 6.46. The van der Waals surface area contributed by atoms with Crippen molar-refractivity contribution in [2.45, 2.75) is 19.1 Å². The first-order chi connectivity index (χ1) is 14.8. The highest BCUT2D eigenvalue weighted by atomic mass is 16.7. The molecular formula is C28H22O2. The molecule has 1 aliphatic heterocycles. The van der Waals surface area contributed by atoms with E-state index in [1.807, 2.05) is 0 Å². The van der Waals surface area contributed by atoms with Gasteiger partial charge >= 0.3 is 0 Å². The van der Waals surface area contributed by atoms with Crippen LogP contribution in [0.2, 0.25) is 0 Å². The monoisotopic (exact) mass is 390 g/mol. The minimum atomic E-state index is -0.409. The zero-order valence-electron chi connectivity index (χ0n) is 17.1. The van der Waals surface area contributed by atoms with Crippen molar-refractivity contribution in [1.29, 1.82) is 0 Å². The van der Waals surface area contributed by atoms with Crippen LogP contribution in [0.5, 0.6) is 5.75 Å². The van der Waals surface area contributed by atoms with Gasteiger partial charge in [0.05, 0.1) is 0 Å². The molecule has 30 heavy (non-hydrogen) atoms. The Hall–Kier alpha value is -3.36. The van der Waals surface area contributed by atoms with Crippen LogP contribution in [0.15, 0.2) is 84.9 Å². The Kier molecular flexibility index (Phi) is 3.84. The molecule has 0 spiro atoms. The lowest BCUT2D eigenvalue weighted by Gasteiger charge is -2.29. The van der Waals surface area contributed by atoms with Gasteiger partial charge in [0.15, 0.2) is 0 Å². The molecule has 146 valence electrons. The van der Waals surface area contributed by atoms with Gasteiger partial charge in [0.2, 0.25) is 6.29 Å². The van der Waals surface area contributed by atoms with Crippen molar-refractivity contribution in [3.05, 3.63) is 107 Å². The topological polar surface area (TPSA) is 18.5 Å². The van der Waals surface area contributed by atoms with Gasteiger partial charge in [0, 0.05) is 24.0 Å². The lowest BCUT2D eigenvalue weighted by Crippen LogP contribution is -2.22. The molecule has 0 saturated carbocycles. The van der Waals surface area contributed by atoms with E-state index in [2.05, 4.69) is 91.9 Å². The normalized spacial score (nSPS) is 18.9.